The summed E-state index contributed by atoms with van der Waals surface area (Å²) in [6, 6.07) is 16.5. The van der Waals surface area contributed by atoms with E-state index in [9.17, 15) is 9.59 Å². The number of amides is 2. The summed E-state index contributed by atoms with van der Waals surface area (Å²) < 4.78 is 10.7. The molecule has 3 rings (SSSR count). The van der Waals surface area contributed by atoms with Gasteiger partial charge in [0.15, 0.2) is 0 Å². The minimum Gasteiger partial charge on any atom is -0.445 e. The summed E-state index contributed by atoms with van der Waals surface area (Å²) in [5.74, 6) is -0.304. The van der Waals surface area contributed by atoms with Gasteiger partial charge >= 0.3 is 6.09 Å². The summed E-state index contributed by atoms with van der Waals surface area (Å²) in [5.41, 5.74) is 2.68. The van der Waals surface area contributed by atoms with Crippen LogP contribution in [0.1, 0.15) is 25.8 Å². The van der Waals surface area contributed by atoms with Crippen LogP contribution in [0.25, 0.3) is 0 Å². The topological polar surface area (TPSA) is 79.9 Å². The molecule has 2 amide bonds. The van der Waals surface area contributed by atoms with Crippen LogP contribution in [0.5, 0.6) is 0 Å². The van der Waals surface area contributed by atoms with E-state index in [2.05, 4.69) is 15.5 Å². The zero-order valence-electron chi connectivity index (χ0n) is 18.2. The van der Waals surface area contributed by atoms with Crippen LogP contribution < -0.4 is 15.5 Å². The van der Waals surface area contributed by atoms with E-state index >= 15 is 0 Å². The number of nitrogens with zero attached hydrogens (tertiary/aromatic N) is 1. The van der Waals surface area contributed by atoms with Crippen molar-refractivity contribution in [1.82, 2.24) is 5.32 Å². The van der Waals surface area contributed by atoms with Gasteiger partial charge in [-0.2, -0.15) is 0 Å². The molecule has 166 valence electrons. The molecule has 2 aromatic carbocycles. The van der Waals surface area contributed by atoms with Gasteiger partial charge in [-0.3, -0.25) is 4.79 Å². The molecule has 7 heteroatoms. The molecule has 1 aliphatic heterocycles. The van der Waals surface area contributed by atoms with Crippen LogP contribution >= 0.6 is 0 Å². The van der Waals surface area contributed by atoms with Crippen molar-refractivity contribution in [3.63, 3.8) is 0 Å². The summed E-state index contributed by atoms with van der Waals surface area (Å²) in [4.78, 5) is 27.4. The quantitative estimate of drug-likeness (QED) is 0.672. The third-order valence-electron chi connectivity index (χ3n) is 5.49. The Morgan fingerprint density at radius 2 is 1.74 bits per heavy atom. The van der Waals surface area contributed by atoms with Gasteiger partial charge in [-0.1, -0.05) is 50.6 Å². The van der Waals surface area contributed by atoms with Gasteiger partial charge in [0.25, 0.3) is 0 Å². The van der Waals surface area contributed by atoms with E-state index in [1.54, 1.807) is 0 Å². The summed E-state index contributed by atoms with van der Waals surface area (Å²) in [6.07, 6.45) is 0.138. The number of benzene rings is 2. The predicted molar refractivity (Wildman–Crippen MR) is 121 cm³/mol. The molecular formula is C24H31N3O4. The first-order valence-electron chi connectivity index (χ1n) is 10.8. The number of hydrogen-bond donors (Lipinski definition) is 2. The van der Waals surface area contributed by atoms with E-state index in [0.29, 0.717) is 5.69 Å². The highest BCUT2D eigenvalue weighted by Gasteiger charge is 2.26. The van der Waals surface area contributed by atoms with Crippen LogP contribution in [0.2, 0.25) is 0 Å². The van der Waals surface area contributed by atoms with E-state index in [1.807, 2.05) is 68.4 Å². The predicted octanol–water partition coefficient (Wildman–Crippen LogP) is 3.80. The minimum absolute atomic E-state index is 0.0445. The highest BCUT2D eigenvalue weighted by molar-refractivity contribution is 5.96. The molecular weight excluding hydrogens is 394 g/mol. The summed E-state index contributed by atoms with van der Waals surface area (Å²) in [7, 11) is 0. The first-order chi connectivity index (χ1) is 15.1. The van der Waals surface area contributed by atoms with Crippen molar-refractivity contribution in [3.05, 3.63) is 60.2 Å². The molecule has 0 spiro atoms. The number of hydrogen-bond acceptors (Lipinski definition) is 5. The lowest BCUT2D eigenvalue weighted by atomic mass is 9.98. The molecule has 2 aromatic rings. The van der Waals surface area contributed by atoms with E-state index in [-0.39, 0.29) is 18.4 Å². The Labute approximate surface area is 183 Å². The Morgan fingerprint density at radius 3 is 2.39 bits per heavy atom. The number of ether oxygens (including phenoxy) is 2. The lowest BCUT2D eigenvalue weighted by molar-refractivity contribution is -0.119. The highest BCUT2D eigenvalue weighted by atomic mass is 16.5. The number of carbonyl (C=O) groups is 2. The number of nitrogens with one attached hydrogen (secondary N) is 2. The van der Waals surface area contributed by atoms with Crippen molar-refractivity contribution in [2.45, 2.75) is 32.9 Å². The molecule has 1 aliphatic rings. The summed E-state index contributed by atoms with van der Waals surface area (Å²) in [6.45, 7) is 7.24. The van der Waals surface area contributed by atoms with Gasteiger partial charge < -0.3 is 25.0 Å². The smallest absolute Gasteiger partial charge is 0.408 e. The Hall–Kier alpha value is -3.06. The fourth-order valence-corrected chi connectivity index (χ4v) is 3.39. The third kappa shape index (κ3) is 6.72. The molecule has 1 saturated heterocycles. The Balaban J connectivity index is 1.56. The SMILES string of the molecule is CC[C@H](C)[C@@H](NC(=O)OCc1ccccc1)C(=O)Nc1ccc(N2CCOCC2)cc1. The van der Waals surface area contributed by atoms with Crippen LogP contribution in [0.3, 0.4) is 0 Å². The fourth-order valence-electron chi connectivity index (χ4n) is 3.39. The molecule has 0 aromatic heterocycles. The number of carbonyl (C=O) groups excluding carboxylic acids is 2. The second-order valence-corrected chi connectivity index (χ2v) is 7.70. The third-order valence-corrected chi connectivity index (χ3v) is 5.49. The van der Waals surface area contributed by atoms with E-state index in [1.165, 1.54) is 0 Å². The van der Waals surface area contributed by atoms with Crippen LogP contribution in [0.15, 0.2) is 54.6 Å². The van der Waals surface area contributed by atoms with Crippen molar-refractivity contribution in [2.75, 3.05) is 36.5 Å². The van der Waals surface area contributed by atoms with Crippen LogP contribution in [-0.2, 0) is 20.9 Å². The largest absolute Gasteiger partial charge is 0.445 e. The molecule has 1 heterocycles. The second kappa shape index (κ2) is 11.4. The number of alkyl carbamates (subject to hydrolysis) is 1. The number of morpholine rings is 1. The molecule has 0 unspecified atom stereocenters. The Morgan fingerprint density at radius 1 is 1.06 bits per heavy atom. The fraction of sp³-hybridized carbons (Fsp3) is 0.417. The van der Waals surface area contributed by atoms with Gasteiger partial charge in [-0.05, 0) is 35.7 Å². The molecule has 7 nitrogen and oxygen atoms in total. The van der Waals surface area contributed by atoms with Crippen molar-refractivity contribution in [2.24, 2.45) is 5.92 Å². The van der Waals surface area contributed by atoms with Gasteiger partial charge in [0.2, 0.25) is 5.91 Å². The number of rotatable bonds is 8. The maximum Gasteiger partial charge on any atom is 0.408 e. The first-order valence-corrected chi connectivity index (χ1v) is 10.8. The van der Waals surface area contributed by atoms with Gasteiger partial charge in [-0.15, -0.1) is 0 Å². The maximum atomic E-state index is 12.9. The van der Waals surface area contributed by atoms with Gasteiger partial charge in [0.1, 0.15) is 12.6 Å². The van der Waals surface area contributed by atoms with Crippen molar-refractivity contribution < 1.29 is 19.1 Å². The Bertz CT molecular complexity index is 836. The van der Waals surface area contributed by atoms with E-state index < -0.39 is 12.1 Å². The molecule has 1 fully saturated rings. The highest BCUT2D eigenvalue weighted by Crippen LogP contribution is 2.20. The maximum absolute atomic E-state index is 12.9. The molecule has 0 radical (unpaired) electrons. The number of anilines is 2. The lowest BCUT2D eigenvalue weighted by Crippen LogP contribution is -2.47. The second-order valence-electron chi connectivity index (χ2n) is 7.70. The molecule has 0 aliphatic carbocycles. The standard InChI is InChI=1S/C24H31N3O4/c1-3-18(2)22(26-24(29)31-17-19-7-5-4-6-8-19)23(28)25-20-9-11-21(12-10-20)27-13-15-30-16-14-27/h4-12,18,22H,3,13-17H2,1-2H3,(H,25,28)(H,26,29)/t18-,22+/m0/s1. The minimum atomic E-state index is -0.688. The molecule has 0 saturated carbocycles. The normalized spacial score (nSPS) is 15.6. The van der Waals surface area contributed by atoms with Gasteiger partial charge in [0.05, 0.1) is 13.2 Å². The molecule has 2 N–H and O–H groups in total. The van der Waals surface area contributed by atoms with Gasteiger partial charge in [0, 0.05) is 24.5 Å². The lowest BCUT2D eigenvalue weighted by Gasteiger charge is -2.29. The average molecular weight is 426 g/mol. The van der Waals surface area contributed by atoms with Crippen LogP contribution in [0, 0.1) is 5.92 Å². The summed E-state index contributed by atoms with van der Waals surface area (Å²) >= 11 is 0. The average Bonchev–Trinajstić information content (AvgIpc) is 2.82. The van der Waals surface area contributed by atoms with Crippen LogP contribution in [-0.4, -0.2) is 44.3 Å². The van der Waals surface area contributed by atoms with E-state index in [4.69, 9.17) is 9.47 Å². The molecule has 2 atom stereocenters. The zero-order valence-corrected chi connectivity index (χ0v) is 18.2. The molecule has 0 bridgehead atoms. The van der Waals surface area contributed by atoms with E-state index in [0.717, 1.165) is 44.0 Å². The zero-order chi connectivity index (χ0) is 22.1. The van der Waals surface area contributed by atoms with Crippen LogP contribution in [0.4, 0.5) is 16.2 Å². The Kier molecular flexibility index (Phi) is 8.29. The van der Waals surface area contributed by atoms with Gasteiger partial charge in [-0.25, -0.2) is 4.79 Å². The molecule has 31 heavy (non-hydrogen) atoms. The summed E-state index contributed by atoms with van der Waals surface area (Å²) in [5, 5.41) is 5.64. The monoisotopic (exact) mass is 425 g/mol. The van der Waals surface area contributed by atoms with Crippen molar-refractivity contribution >= 4 is 23.4 Å². The van der Waals surface area contributed by atoms with Crippen molar-refractivity contribution in [1.29, 1.82) is 0 Å². The first kappa shape index (κ1) is 22.6. The van der Waals surface area contributed by atoms with Crippen molar-refractivity contribution in [3.8, 4) is 0 Å².